The van der Waals surface area contributed by atoms with Gasteiger partial charge in [-0.3, -0.25) is 4.79 Å². The van der Waals surface area contributed by atoms with E-state index < -0.39 is 5.60 Å². The lowest BCUT2D eigenvalue weighted by Crippen LogP contribution is -2.52. The van der Waals surface area contributed by atoms with E-state index in [0.717, 1.165) is 0 Å². The van der Waals surface area contributed by atoms with Crippen molar-refractivity contribution in [2.24, 2.45) is 0 Å². The molecule has 0 saturated carbocycles. The number of carbonyl (C=O) groups excluding carboxylic acids is 1. The second-order valence-corrected chi connectivity index (χ2v) is 5.07. The quantitative estimate of drug-likeness (QED) is 0.744. The molecule has 2 rings (SSSR count). The molecule has 0 aromatic heterocycles. The zero-order chi connectivity index (χ0) is 14.8. The molecule has 6 heteroatoms. The first-order valence-electron chi connectivity index (χ1n) is 6.49. The maximum atomic E-state index is 12.4. The highest BCUT2D eigenvalue weighted by Crippen LogP contribution is 2.31. The number of methoxy groups -OCH3 is 1. The van der Waals surface area contributed by atoms with Gasteiger partial charge in [-0.25, -0.2) is 0 Å². The number of phenolic OH excluding ortho intramolecular Hbond substituents is 1. The number of phenols is 1. The van der Waals surface area contributed by atoms with Gasteiger partial charge in [0.1, 0.15) is 5.60 Å². The van der Waals surface area contributed by atoms with Crippen LogP contribution in [0.1, 0.15) is 23.2 Å². The number of aromatic hydroxyl groups is 1. The molecular formula is C14H19NO5. The number of rotatable bonds is 3. The van der Waals surface area contributed by atoms with Crippen molar-refractivity contribution in [2.75, 3.05) is 26.8 Å². The predicted molar refractivity (Wildman–Crippen MR) is 71.8 cm³/mol. The van der Waals surface area contributed by atoms with Gasteiger partial charge in [0, 0.05) is 6.54 Å². The number of ether oxygens (including phenoxy) is 1. The molecule has 3 N–H and O–H groups in total. The van der Waals surface area contributed by atoms with E-state index in [1.165, 1.54) is 18.1 Å². The van der Waals surface area contributed by atoms with E-state index in [2.05, 4.69) is 0 Å². The molecule has 1 heterocycles. The monoisotopic (exact) mass is 281 g/mol. The smallest absolute Gasteiger partial charge is 0.257 e. The molecule has 1 saturated heterocycles. The zero-order valence-electron chi connectivity index (χ0n) is 11.4. The van der Waals surface area contributed by atoms with Crippen molar-refractivity contribution in [2.45, 2.75) is 18.4 Å². The Hall–Kier alpha value is -1.79. The summed E-state index contributed by atoms with van der Waals surface area (Å²) < 4.78 is 4.98. The van der Waals surface area contributed by atoms with Crippen LogP contribution in [0.2, 0.25) is 0 Å². The SMILES string of the molecule is COc1cccc(C(=O)N2CCC[C@@](O)(CO)C2)c1O. The molecule has 0 radical (unpaired) electrons. The van der Waals surface area contributed by atoms with E-state index >= 15 is 0 Å². The van der Waals surface area contributed by atoms with E-state index in [1.54, 1.807) is 12.1 Å². The lowest BCUT2D eigenvalue weighted by molar-refractivity contribution is -0.0598. The standard InChI is InChI=1S/C14H19NO5/c1-20-11-5-2-4-10(12(11)17)13(18)15-7-3-6-14(19,8-15)9-16/h2,4-5,16-17,19H,3,6-9H2,1H3/t14-/m0/s1. The number of likely N-dealkylation sites (tertiary alicyclic amines) is 1. The molecule has 20 heavy (non-hydrogen) atoms. The molecule has 0 spiro atoms. The molecule has 110 valence electrons. The first-order valence-corrected chi connectivity index (χ1v) is 6.49. The lowest BCUT2D eigenvalue weighted by atomic mass is 9.93. The van der Waals surface area contributed by atoms with Gasteiger partial charge in [-0.15, -0.1) is 0 Å². The minimum atomic E-state index is -1.26. The van der Waals surface area contributed by atoms with Gasteiger partial charge in [-0.2, -0.15) is 0 Å². The number of amides is 1. The molecule has 1 aliphatic rings. The van der Waals surface area contributed by atoms with Gasteiger partial charge in [0.15, 0.2) is 11.5 Å². The summed E-state index contributed by atoms with van der Waals surface area (Å²) in [6.07, 6.45) is 1.06. The van der Waals surface area contributed by atoms with Crippen molar-refractivity contribution in [1.29, 1.82) is 0 Å². The van der Waals surface area contributed by atoms with E-state index in [0.29, 0.717) is 19.4 Å². The Bertz CT molecular complexity index is 504. The van der Waals surface area contributed by atoms with Gasteiger partial charge >= 0.3 is 0 Å². The van der Waals surface area contributed by atoms with Crippen LogP contribution in [-0.2, 0) is 0 Å². The summed E-state index contributed by atoms with van der Waals surface area (Å²) in [6, 6.07) is 4.69. The van der Waals surface area contributed by atoms with Crippen molar-refractivity contribution in [3.63, 3.8) is 0 Å². The minimum Gasteiger partial charge on any atom is -0.504 e. The van der Waals surface area contributed by atoms with E-state index in [-0.39, 0.29) is 36.1 Å². The fourth-order valence-corrected chi connectivity index (χ4v) is 2.44. The summed E-state index contributed by atoms with van der Waals surface area (Å²) >= 11 is 0. The van der Waals surface area contributed by atoms with Crippen LogP contribution in [0.25, 0.3) is 0 Å². The van der Waals surface area contributed by atoms with Gasteiger partial charge in [0.2, 0.25) is 0 Å². The molecule has 1 amide bonds. The Balaban J connectivity index is 2.23. The number of hydrogen-bond donors (Lipinski definition) is 3. The first-order chi connectivity index (χ1) is 9.50. The maximum absolute atomic E-state index is 12.4. The molecule has 1 fully saturated rings. The molecule has 0 bridgehead atoms. The lowest BCUT2D eigenvalue weighted by Gasteiger charge is -2.38. The van der Waals surface area contributed by atoms with Crippen molar-refractivity contribution < 1.29 is 24.9 Å². The largest absolute Gasteiger partial charge is 0.504 e. The molecule has 1 aromatic carbocycles. The van der Waals surface area contributed by atoms with Crippen molar-refractivity contribution in [1.82, 2.24) is 4.90 Å². The Morgan fingerprint density at radius 2 is 2.25 bits per heavy atom. The van der Waals surface area contributed by atoms with Gasteiger partial charge < -0.3 is 25.0 Å². The summed E-state index contributed by atoms with van der Waals surface area (Å²) in [4.78, 5) is 13.8. The number of aliphatic hydroxyl groups excluding tert-OH is 1. The summed E-state index contributed by atoms with van der Waals surface area (Å²) in [5.41, 5.74) is -1.13. The second-order valence-electron chi connectivity index (χ2n) is 5.07. The van der Waals surface area contributed by atoms with Crippen molar-refractivity contribution in [3.05, 3.63) is 23.8 Å². The average Bonchev–Trinajstić information content (AvgIpc) is 2.47. The normalized spacial score (nSPS) is 22.6. The second kappa shape index (κ2) is 5.68. The fourth-order valence-electron chi connectivity index (χ4n) is 2.44. The van der Waals surface area contributed by atoms with Gasteiger partial charge in [-0.1, -0.05) is 6.07 Å². The molecule has 0 aliphatic carbocycles. The van der Waals surface area contributed by atoms with Crippen LogP contribution in [0.5, 0.6) is 11.5 Å². The topological polar surface area (TPSA) is 90.2 Å². The Morgan fingerprint density at radius 1 is 1.50 bits per heavy atom. The first kappa shape index (κ1) is 14.6. The van der Waals surface area contributed by atoms with Crippen LogP contribution in [-0.4, -0.2) is 58.5 Å². The third kappa shape index (κ3) is 2.71. The van der Waals surface area contributed by atoms with Gasteiger partial charge in [0.25, 0.3) is 5.91 Å². The van der Waals surface area contributed by atoms with Gasteiger partial charge in [-0.05, 0) is 25.0 Å². The number of benzene rings is 1. The van der Waals surface area contributed by atoms with Crippen LogP contribution in [0.4, 0.5) is 0 Å². The summed E-state index contributed by atoms with van der Waals surface area (Å²) in [5.74, 6) is -0.364. The summed E-state index contributed by atoms with van der Waals surface area (Å²) in [5, 5.41) is 29.3. The molecular weight excluding hydrogens is 262 g/mol. The number of hydrogen-bond acceptors (Lipinski definition) is 5. The third-order valence-corrected chi connectivity index (χ3v) is 3.59. The Morgan fingerprint density at radius 3 is 2.90 bits per heavy atom. The van der Waals surface area contributed by atoms with E-state index in [1.807, 2.05) is 0 Å². The van der Waals surface area contributed by atoms with Gasteiger partial charge in [0.05, 0.1) is 25.8 Å². The number of piperidine rings is 1. The highest BCUT2D eigenvalue weighted by atomic mass is 16.5. The number of β-amino-alcohol motifs (C(OH)–C–C–N with tert-alkyl or cyclic N) is 1. The maximum Gasteiger partial charge on any atom is 0.257 e. The minimum absolute atomic E-state index is 0.0545. The van der Waals surface area contributed by atoms with Crippen LogP contribution in [0, 0.1) is 0 Å². The fraction of sp³-hybridized carbons (Fsp3) is 0.500. The predicted octanol–water partition coefficient (Wildman–Crippen LogP) is 0.360. The number of para-hydroxylation sites is 1. The van der Waals surface area contributed by atoms with Crippen LogP contribution in [0.15, 0.2) is 18.2 Å². The number of carbonyl (C=O) groups is 1. The Labute approximate surface area is 117 Å². The number of nitrogens with zero attached hydrogens (tertiary/aromatic N) is 1. The molecule has 1 atom stereocenters. The van der Waals surface area contributed by atoms with E-state index in [4.69, 9.17) is 4.74 Å². The van der Waals surface area contributed by atoms with Crippen LogP contribution < -0.4 is 4.74 Å². The van der Waals surface area contributed by atoms with Crippen LogP contribution in [0.3, 0.4) is 0 Å². The van der Waals surface area contributed by atoms with Crippen molar-refractivity contribution >= 4 is 5.91 Å². The highest BCUT2D eigenvalue weighted by Gasteiger charge is 2.35. The molecule has 1 aliphatic heterocycles. The highest BCUT2D eigenvalue weighted by molar-refractivity contribution is 5.97. The summed E-state index contributed by atoms with van der Waals surface area (Å²) in [7, 11) is 1.41. The number of aliphatic hydroxyl groups is 2. The summed E-state index contributed by atoms with van der Waals surface area (Å²) in [6.45, 7) is 0.150. The molecule has 1 aromatic rings. The van der Waals surface area contributed by atoms with Crippen molar-refractivity contribution in [3.8, 4) is 11.5 Å². The molecule has 0 unspecified atom stereocenters. The average molecular weight is 281 g/mol. The Kier molecular flexibility index (Phi) is 4.15. The molecule has 6 nitrogen and oxygen atoms in total. The van der Waals surface area contributed by atoms with E-state index in [9.17, 15) is 20.1 Å². The third-order valence-electron chi connectivity index (χ3n) is 3.59. The zero-order valence-corrected chi connectivity index (χ0v) is 11.4. The van der Waals surface area contributed by atoms with Crippen LogP contribution >= 0.6 is 0 Å².